The molecule has 2 aromatic rings. The van der Waals surface area contributed by atoms with E-state index in [9.17, 15) is 9.59 Å². The summed E-state index contributed by atoms with van der Waals surface area (Å²) in [5.41, 5.74) is 2.98. The number of hydrogen-bond acceptors (Lipinski definition) is 6. The Hall–Kier alpha value is -2.93. The van der Waals surface area contributed by atoms with Crippen molar-refractivity contribution in [2.45, 2.75) is 6.92 Å². The number of fused-ring (bicyclic) bond motifs is 1. The molecule has 0 atom stereocenters. The van der Waals surface area contributed by atoms with Crippen LogP contribution in [-0.2, 0) is 14.3 Å². The minimum atomic E-state index is -0.564. The average Bonchev–Trinajstić information content (AvgIpc) is 2.91. The molecule has 25 heavy (non-hydrogen) atoms. The van der Waals surface area contributed by atoms with Crippen LogP contribution in [0.1, 0.15) is 5.56 Å². The number of nitrogens with one attached hydrogen (secondary N) is 1. The number of rotatable bonds is 5. The van der Waals surface area contributed by atoms with E-state index in [2.05, 4.69) is 10.3 Å². The van der Waals surface area contributed by atoms with Gasteiger partial charge in [-0.25, -0.2) is 4.79 Å². The van der Waals surface area contributed by atoms with Crippen LogP contribution >= 0.6 is 0 Å². The number of amides is 1. The lowest BCUT2D eigenvalue weighted by atomic mass is 10.1. The second kappa shape index (κ2) is 6.90. The number of aliphatic hydroxyl groups excluding tert-OH is 1. The van der Waals surface area contributed by atoms with Gasteiger partial charge in [-0.15, -0.1) is 0 Å². The molecule has 0 aliphatic carbocycles. The van der Waals surface area contributed by atoms with E-state index in [1.807, 2.05) is 31.2 Å². The number of pyridine rings is 1. The van der Waals surface area contributed by atoms with Crippen LogP contribution in [-0.4, -0.2) is 53.7 Å². The summed E-state index contributed by atoms with van der Waals surface area (Å²) in [5.74, 6) is -0.905. The minimum Gasteiger partial charge on any atom is -0.466 e. The maximum absolute atomic E-state index is 12.5. The van der Waals surface area contributed by atoms with Crippen LogP contribution in [0.25, 0.3) is 10.9 Å². The highest BCUT2D eigenvalue weighted by Crippen LogP contribution is 2.25. The second-order valence-electron chi connectivity index (χ2n) is 5.78. The van der Waals surface area contributed by atoms with Crippen LogP contribution in [0.5, 0.6) is 0 Å². The summed E-state index contributed by atoms with van der Waals surface area (Å²) in [6.45, 7) is 2.09. The molecule has 7 heteroatoms. The Balaban J connectivity index is 1.95. The predicted molar refractivity (Wildman–Crippen MR) is 92.8 cm³/mol. The maximum atomic E-state index is 12.5. The van der Waals surface area contributed by atoms with E-state index in [0.717, 1.165) is 16.5 Å². The zero-order valence-electron chi connectivity index (χ0n) is 14.1. The number of carbonyl (C=O) groups is 2. The number of carbonyl (C=O) groups excluding carboxylic acids is 2. The summed E-state index contributed by atoms with van der Waals surface area (Å²) in [6.07, 6.45) is 1.73. The van der Waals surface area contributed by atoms with Gasteiger partial charge in [0.25, 0.3) is 5.91 Å². The third-order valence-electron chi connectivity index (χ3n) is 4.18. The normalized spacial score (nSPS) is 14.4. The van der Waals surface area contributed by atoms with E-state index >= 15 is 0 Å². The van der Waals surface area contributed by atoms with Crippen molar-refractivity contribution in [1.29, 1.82) is 0 Å². The van der Waals surface area contributed by atoms with Crippen LogP contribution in [0, 0.1) is 6.92 Å². The van der Waals surface area contributed by atoms with Crippen molar-refractivity contribution in [3.05, 3.63) is 47.3 Å². The molecule has 0 bridgehead atoms. The highest BCUT2D eigenvalue weighted by molar-refractivity contribution is 6.08. The molecular formula is C18H19N3O4. The molecule has 1 aliphatic rings. The summed E-state index contributed by atoms with van der Waals surface area (Å²) in [6, 6.07) is 7.51. The SMILES string of the molecule is COC(=O)C1=C(Nc2ccc3c(C)ccnc3c2)C(=O)N(CCO)C1. The topological polar surface area (TPSA) is 91.8 Å². The highest BCUT2D eigenvalue weighted by atomic mass is 16.5. The second-order valence-corrected chi connectivity index (χ2v) is 5.78. The molecule has 1 aliphatic heterocycles. The smallest absolute Gasteiger partial charge is 0.337 e. The largest absolute Gasteiger partial charge is 0.466 e. The number of esters is 1. The Morgan fingerprint density at radius 2 is 2.20 bits per heavy atom. The van der Waals surface area contributed by atoms with Crippen molar-refractivity contribution in [1.82, 2.24) is 9.88 Å². The van der Waals surface area contributed by atoms with Gasteiger partial charge in [0.05, 0.1) is 31.4 Å². The zero-order chi connectivity index (χ0) is 18.0. The fourth-order valence-electron chi connectivity index (χ4n) is 2.86. The summed E-state index contributed by atoms with van der Waals surface area (Å²) in [7, 11) is 1.27. The number of benzene rings is 1. The lowest BCUT2D eigenvalue weighted by Crippen LogP contribution is -2.31. The lowest BCUT2D eigenvalue weighted by molar-refractivity contribution is -0.136. The maximum Gasteiger partial charge on any atom is 0.337 e. The van der Waals surface area contributed by atoms with Gasteiger partial charge >= 0.3 is 5.97 Å². The monoisotopic (exact) mass is 341 g/mol. The van der Waals surface area contributed by atoms with E-state index in [4.69, 9.17) is 9.84 Å². The molecule has 0 radical (unpaired) electrons. The van der Waals surface area contributed by atoms with Gasteiger partial charge in [0.15, 0.2) is 0 Å². The number of methoxy groups -OCH3 is 1. The standard InChI is InChI=1S/C18H19N3O4/c1-11-5-6-19-15-9-12(3-4-13(11)15)20-16-14(18(24)25-2)10-21(7-8-22)17(16)23/h3-6,9,20,22H,7-8,10H2,1-2H3. The first-order valence-corrected chi connectivity index (χ1v) is 7.89. The van der Waals surface area contributed by atoms with E-state index in [-0.39, 0.29) is 36.9 Å². The average molecular weight is 341 g/mol. The number of aliphatic hydroxyl groups is 1. The van der Waals surface area contributed by atoms with Gasteiger partial charge < -0.3 is 20.1 Å². The van der Waals surface area contributed by atoms with Crippen molar-refractivity contribution < 1.29 is 19.4 Å². The van der Waals surface area contributed by atoms with Gasteiger partial charge in [-0.2, -0.15) is 0 Å². The van der Waals surface area contributed by atoms with E-state index in [1.165, 1.54) is 12.0 Å². The summed E-state index contributed by atoms with van der Waals surface area (Å²) in [4.78, 5) is 30.2. The Morgan fingerprint density at radius 3 is 2.92 bits per heavy atom. The number of ether oxygens (including phenoxy) is 1. The van der Waals surface area contributed by atoms with Gasteiger partial charge in [0.2, 0.25) is 0 Å². The van der Waals surface area contributed by atoms with Crippen LogP contribution in [0.15, 0.2) is 41.7 Å². The molecule has 0 spiro atoms. The van der Waals surface area contributed by atoms with Crippen LogP contribution < -0.4 is 5.32 Å². The van der Waals surface area contributed by atoms with Crippen molar-refractivity contribution in [3.63, 3.8) is 0 Å². The quantitative estimate of drug-likeness (QED) is 0.795. The van der Waals surface area contributed by atoms with E-state index < -0.39 is 5.97 Å². The lowest BCUT2D eigenvalue weighted by Gasteiger charge is -2.15. The van der Waals surface area contributed by atoms with E-state index in [0.29, 0.717) is 5.69 Å². The van der Waals surface area contributed by atoms with Gasteiger partial charge in [-0.3, -0.25) is 9.78 Å². The first-order chi connectivity index (χ1) is 12.0. The third-order valence-corrected chi connectivity index (χ3v) is 4.18. The molecule has 2 N–H and O–H groups in total. The van der Waals surface area contributed by atoms with Crippen LogP contribution in [0.3, 0.4) is 0 Å². The first-order valence-electron chi connectivity index (χ1n) is 7.89. The molecular weight excluding hydrogens is 322 g/mol. The fourth-order valence-corrected chi connectivity index (χ4v) is 2.86. The minimum absolute atomic E-state index is 0.110. The van der Waals surface area contributed by atoms with Crippen LogP contribution in [0.2, 0.25) is 0 Å². The Labute approximate surface area is 144 Å². The van der Waals surface area contributed by atoms with Crippen molar-refractivity contribution in [3.8, 4) is 0 Å². The van der Waals surface area contributed by atoms with Crippen molar-refractivity contribution in [2.24, 2.45) is 0 Å². The van der Waals surface area contributed by atoms with Gasteiger partial charge in [0.1, 0.15) is 5.70 Å². The number of β-amino-alcohol motifs (C(OH)–C–C–N with tert-alkyl or cyclic N) is 1. The molecule has 7 nitrogen and oxygen atoms in total. The number of aryl methyl sites for hydroxylation is 1. The number of anilines is 1. The summed E-state index contributed by atoms with van der Waals surface area (Å²) >= 11 is 0. The molecule has 1 aromatic carbocycles. The zero-order valence-corrected chi connectivity index (χ0v) is 14.1. The van der Waals surface area contributed by atoms with Gasteiger partial charge in [-0.1, -0.05) is 6.07 Å². The van der Waals surface area contributed by atoms with Gasteiger partial charge in [0, 0.05) is 23.8 Å². The molecule has 130 valence electrons. The van der Waals surface area contributed by atoms with Gasteiger partial charge in [-0.05, 0) is 30.7 Å². The summed E-state index contributed by atoms with van der Waals surface area (Å²) < 4.78 is 4.77. The molecule has 0 saturated heterocycles. The molecule has 0 unspecified atom stereocenters. The Morgan fingerprint density at radius 1 is 1.40 bits per heavy atom. The van der Waals surface area contributed by atoms with Crippen molar-refractivity contribution in [2.75, 3.05) is 32.1 Å². The molecule has 2 heterocycles. The highest BCUT2D eigenvalue weighted by Gasteiger charge is 2.34. The summed E-state index contributed by atoms with van der Waals surface area (Å²) in [5, 5.41) is 13.1. The Bertz CT molecular complexity index is 876. The Kier molecular flexibility index (Phi) is 4.67. The molecule has 0 fully saturated rings. The predicted octanol–water partition coefficient (Wildman–Crippen LogP) is 1.22. The molecule has 1 aromatic heterocycles. The van der Waals surface area contributed by atoms with Crippen LogP contribution in [0.4, 0.5) is 5.69 Å². The molecule has 1 amide bonds. The van der Waals surface area contributed by atoms with Crippen molar-refractivity contribution >= 4 is 28.5 Å². The first kappa shape index (κ1) is 16.9. The third kappa shape index (κ3) is 3.18. The molecule has 0 saturated carbocycles. The van der Waals surface area contributed by atoms with E-state index in [1.54, 1.807) is 6.20 Å². The molecule has 3 rings (SSSR count). The fraction of sp³-hybridized carbons (Fsp3) is 0.278. The number of aromatic nitrogens is 1. The number of hydrogen-bond donors (Lipinski definition) is 2. The number of nitrogens with zero attached hydrogens (tertiary/aromatic N) is 2.